The first-order valence-electron chi connectivity index (χ1n) is 7.42. The zero-order valence-corrected chi connectivity index (χ0v) is 12.5. The topological polar surface area (TPSA) is 60.2 Å². The molecule has 5 nitrogen and oxygen atoms in total. The molecule has 0 spiro atoms. The summed E-state index contributed by atoms with van der Waals surface area (Å²) in [5, 5.41) is 7.47. The molecule has 0 amide bonds. The van der Waals surface area contributed by atoms with E-state index in [1.807, 2.05) is 30.3 Å². The third-order valence-electron chi connectivity index (χ3n) is 4.30. The Morgan fingerprint density at radius 1 is 1.33 bits per heavy atom. The molecule has 21 heavy (non-hydrogen) atoms. The minimum Gasteiger partial charge on any atom is -0.485 e. The van der Waals surface area contributed by atoms with Gasteiger partial charge in [0.1, 0.15) is 5.75 Å². The van der Waals surface area contributed by atoms with Gasteiger partial charge in [-0.2, -0.15) is 4.98 Å². The summed E-state index contributed by atoms with van der Waals surface area (Å²) in [5.74, 6) is 2.59. The lowest BCUT2D eigenvalue weighted by atomic mass is 9.76. The van der Waals surface area contributed by atoms with Crippen LogP contribution in [0.2, 0.25) is 0 Å². The highest BCUT2D eigenvalue weighted by atomic mass is 16.5. The number of nitrogens with one attached hydrogen (secondary N) is 1. The summed E-state index contributed by atoms with van der Waals surface area (Å²) in [6, 6.07) is 9.66. The molecule has 0 aliphatic carbocycles. The van der Waals surface area contributed by atoms with Crippen LogP contribution >= 0.6 is 0 Å². The maximum atomic E-state index is 5.66. The van der Waals surface area contributed by atoms with Crippen LogP contribution in [-0.2, 0) is 12.0 Å². The van der Waals surface area contributed by atoms with E-state index >= 15 is 0 Å². The molecule has 0 bridgehead atoms. The molecule has 1 aliphatic rings. The van der Waals surface area contributed by atoms with Crippen LogP contribution in [0.1, 0.15) is 32.0 Å². The predicted molar refractivity (Wildman–Crippen MR) is 79.1 cm³/mol. The minimum atomic E-state index is -0.0437. The van der Waals surface area contributed by atoms with E-state index in [0.717, 1.165) is 31.2 Å². The second-order valence-corrected chi connectivity index (χ2v) is 5.86. The van der Waals surface area contributed by atoms with Crippen LogP contribution < -0.4 is 10.1 Å². The van der Waals surface area contributed by atoms with E-state index in [1.165, 1.54) is 0 Å². The summed E-state index contributed by atoms with van der Waals surface area (Å²) in [6.07, 6.45) is 1.03. The molecular weight excluding hydrogens is 266 g/mol. The van der Waals surface area contributed by atoms with Crippen molar-refractivity contribution in [2.45, 2.75) is 32.3 Å². The summed E-state index contributed by atoms with van der Waals surface area (Å²) in [5.41, 5.74) is -0.0437. The summed E-state index contributed by atoms with van der Waals surface area (Å²) in [4.78, 5) is 4.56. The molecule has 112 valence electrons. The highest BCUT2D eigenvalue weighted by Gasteiger charge is 2.43. The normalized spacial score (nSPS) is 21.9. The molecule has 5 heteroatoms. The molecule has 2 aromatic rings. The maximum Gasteiger partial charge on any atom is 0.234 e. The summed E-state index contributed by atoms with van der Waals surface area (Å²) in [6.45, 7) is 6.63. The van der Waals surface area contributed by atoms with Crippen molar-refractivity contribution in [3.63, 3.8) is 0 Å². The van der Waals surface area contributed by atoms with E-state index in [9.17, 15) is 0 Å². The molecule has 1 N–H and O–H groups in total. The zero-order valence-electron chi connectivity index (χ0n) is 12.5. The summed E-state index contributed by atoms with van der Waals surface area (Å²) >= 11 is 0. The van der Waals surface area contributed by atoms with Crippen molar-refractivity contribution in [1.82, 2.24) is 15.5 Å². The maximum absolute atomic E-state index is 5.66. The lowest BCUT2D eigenvalue weighted by Gasteiger charge is -2.27. The van der Waals surface area contributed by atoms with Crippen molar-refractivity contribution in [2.24, 2.45) is 5.92 Å². The van der Waals surface area contributed by atoms with Crippen LogP contribution in [-0.4, -0.2) is 23.2 Å². The van der Waals surface area contributed by atoms with Gasteiger partial charge in [0.2, 0.25) is 11.7 Å². The number of rotatable bonds is 5. The van der Waals surface area contributed by atoms with Gasteiger partial charge in [0.05, 0.1) is 5.41 Å². The number of hydrogen-bond donors (Lipinski definition) is 1. The Labute approximate surface area is 124 Å². The first-order chi connectivity index (χ1) is 10.2. The van der Waals surface area contributed by atoms with Crippen LogP contribution in [0.25, 0.3) is 0 Å². The van der Waals surface area contributed by atoms with Crippen molar-refractivity contribution in [3.8, 4) is 5.75 Å². The Bertz CT molecular complexity index is 574. The number of hydrogen-bond acceptors (Lipinski definition) is 5. The van der Waals surface area contributed by atoms with Gasteiger partial charge in [-0.15, -0.1) is 0 Å². The SMILES string of the molecule is CC(C)C1(c2nc(COc3ccccc3)no2)CCNC1. The molecule has 1 aromatic carbocycles. The van der Waals surface area contributed by atoms with E-state index in [1.54, 1.807) is 0 Å². The van der Waals surface area contributed by atoms with E-state index in [-0.39, 0.29) is 5.41 Å². The minimum absolute atomic E-state index is 0.0437. The molecular formula is C16H21N3O2. The molecule has 1 aromatic heterocycles. The first kappa shape index (κ1) is 14.1. The Balaban J connectivity index is 1.71. The molecule has 1 atom stereocenters. The van der Waals surface area contributed by atoms with Crippen LogP contribution in [0, 0.1) is 5.92 Å². The molecule has 1 fully saturated rings. The van der Waals surface area contributed by atoms with Crippen molar-refractivity contribution in [2.75, 3.05) is 13.1 Å². The van der Waals surface area contributed by atoms with Gasteiger partial charge in [0, 0.05) is 6.54 Å². The molecule has 0 saturated carbocycles. The largest absolute Gasteiger partial charge is 0.485 e. The van der Waals surface area contributed by atoms with Crippen molar-refractivity contribution in [1.29, 1.82) is 0 Å². The Morgan fingerprint density at radius 2 is 2.14 bits per heavy atom. The third-order valence-corrected chi connectivity index (χ3v) is 4.30. The van der Waals surface area contributed by atoms with Crippen molar-refractivity contribution in [3.05, 3.63) is 42.0 Å². The molecule has 3 rings (SSSR count). The van der Waals surface area contributed by atoms with Gasteiger partial charge >= 0.3 is 0 Å². The first-order valence-corrected chi connectivity index (χ1v) is 7.42. The van der Waals surface area contributed by atoms with E-state index in [0.29, 0.717) is 18.3 Å². The fourth-order valence-electron chi connectivity index (χ4n) is 2.81. The van der Waals surface area contributed by atoms with Crippen molar-refractivity contribution >= 4 is 0 Å². The Morgan fingerprint density at radius 3 is 2.81 bits per heavy atom. The standard InChI is InChI=1S/C16H21N3O2/c1-12(2)16(8-9-17-11-16)15-18-14(19-21-15)10-20-13-6-4-3-5-7-13/h3-7,12,17H,8-11H2,1-2H3. The van der Waals surface area contributed by atoms with E-state index in [4.69, 9.17) is 9.26 Å². The van der Waals surface area contributed by atoms with E-state index < -0.39 is 0 Å². The van der Waals surface area contributed by atoms with E-state index in [2.05, 4.69) is 29.3 Å². The van der Waals surface area contributed by atoms with Crippen LogP contribution in [0.4, 0.5) is 0 Å². The smallest absolute Gasteiger partial charge is 0.234 e. The fraction of sp³-hybridized carbons (Fsp3) is 0.500. The van der Waals surface area contributed by atoms with Gasteiger partial charge < -0.3 is 14.6 Å². The molecule has 1 aliphatic heterocycles. The number of ether oxygens (including phenoxy) is 1. The van der Waals surface area contributed by atoms with Crippen LogP contribution in [0.5, 0.6) is 5.75 Å². The fourth-order valence-corrected chi connectivity index (χ4v) is 2.81. The van der Waals surface area contributed by atoms with Gasteiger partial charge in [-0.05, 0) is 31.0 Å². The molecule has 1 unspecified atom stereocenters. The number of aromatic nitrogens is 2. The average molecular weight is 287 g/mol. The third kappa shape index (κ3) is 2.78. The quantitative estimate of drug-likeness (QED) is 0.915. The lowest BCUT2D eigenvalue weighted by molar-refractivity contribution is 0.232. The number of para-hydroxylation sites is 1. The molecule has 2 heterocycles. The van der Waals surface area contributed by atoms with Gasteiger partial charge in [-0.25, -0.2) is 0 Å². The van der Waals surface area contributed by atoms with Gasteiger partial charge in [-0.3, -0.25) is 0 Å². The van der Waals surface area contributed by atoms with Crippen LogP contribution in [0.3, 0.4) is 0 Å². The highest BCUT2D eigenvalue weighted by Crippen LogP contribution is 2.36. The Hall–Kier alpha value is -1.88. The van der Waals surface area contributed by atoms with Gasteiger partial charge in [-0.1, -0.05) is 37.2 Å². The average Bonchev–Trinajstić information content (AvgIpc) is 3.16. The van der Waals surface area contributed by atoms with Crippen molar-refractivity contribution < 1.29 is 9.26 Å². The van der Waals surface area contributed by atoms with Gasteiger partial charge in [0.25, 0.3) is 0 Å². The number of benzene rings is 1. The Kier molecular flexibility index (Phi) is 3.92. The molecule has 1 saturated heterocycles. The second kappa shape index (κ2) is 5.85. The summed E-state index contributed by atoms with van der Waals surface area (Å²) in [7, 11) is 0. The molecule has 0 radical (unpaired) electrons. The highest BCUT2D eigenvalue weighted by molar-refractivity contribution is 5.21. The second-order valence-electron chi connectivity index (χ2n) is 5.86. The lowest BCUT2D eigenvalue weighted by Crippen LogP contribution is -2.35. The number of nitrogens with zero attached hydrogens (tertiary/aromatic N) is 2. The van der Waals surface area contributed by atoms with Gasteiger partial charge in [0.15, 0.2) is 6.61 Å². The predicted octanol–water partition coefficient (Wildman–Crippen LogP) is 2.54. The monoisotopic (exact) mass is 287 g/mol. The zero-order chi connectivity index (χ0) is 14.7. The summed E-state index contributed by atoms with van der Waals surface area (Å²) < 4.78 is 11.2. The van der Waals surface area contributed by atoms with Crippen LogP contribution in [0.15, 0.2) is 34.9 Å².